The molecule has 0 radical (unpaired) electrons. The maximum Gasteiger partial charge on any atom is 0.293 e. The molecule has 3 aromatic rings. The fourth-order valence-electron chi connectivity index (χ4n) is 3.47. The number of nitrogens with zero attached hydrogens (tertiary/aromatic N) is 1. The predicted molar refractivity (Wildman–Crippen MR) is 138 cm³/mol. The lowest BCUT2D eigenvalue weighted by Gasteiger charge is -2.13. The van der Waals surface area contributed by atoms with Crippen molar-refractivity contribution < 1.29 is 23.8 Å². The van der Waals surface area contributed by atoms with Crippen molar-refractivity contribution in [2.24, 2.45) is 0 Å². The van der Waals surface area contributed by atoms with Crippen molar-refractivity contribution in [3.63, 3.8) is 0 Å². The second kappa shape index (κ2) is 11.3. The minimum atomic E-state index is -0.342. The van der Waals surface area contributed by atoms with Crippen LogP contribution in [0.4, 0.5) is 4.79 Å². The first-order valence-electron chi connectivity index (χ1n) is 10.9. The Kier molecular flexibility index (Phi) is 8.00. The number of ether oxygens (including phenoxy) is 3. The minimum absolute atomic E-state index is 0.175. The minimum Gasteiger partial charge on any atom is -0.493 e. The van der Waals surface area contributed by atoms with Gasteiger partial charge in [-0.1, -0.05) is 48.0 Å². The third kappa shape index (κ3) is 6.18. The van der Waals surface area contributed by atoms with Gasteiger partial charge >= 0.3 is 0 Å². The monoisotopic (exact) mass is 509 g/mol. The second-order valence-electron chi connectivity index (χ2n) is 7.79. The molecule has 6 nitrogen and oxygen atoms in total. The van der Waals surface area contributed by atoms with Crippen molar-refractivity contribution in [1.82, 2.24) is 4.90 Å². The molecule has 0 aromatic heterocycles. The van der Waals surface area contributed by atoms with Gasteiger partial charge in [0.1, 0.15) is 19.0 Å². The van der Waals surface area contributed by atoms with E-state index in [1.54, 1.807) is 31.4 Å². The summed E-state index contributed by atoms with van der Waals surface area (Å²) in [6.07, 6.45) is 1.67. The number of benzene rings is 3. The Morgan fingerprint density at radius 2 is 1.80 bits per heavy atom. The van der Waals surface area contributed by atoms with Crippen LogP contribution in [0.3, 0.4) is 0 Å². The number of aryl methyl sites for hydroxylation is 1. The standard InChI is InChI=1S/C27H24ClNO5S/c1-18-6-5-8-21(14-18)33-13-12-29-26(30)25(35-27(29)31)16-19-10-11-23(24(15-19)32-2)34-17-20-7-3-4-9-22(20)28/h3-11,14-16H,12-13,17H2,1-2H3/b25-16-. The summed E-state index contributed by atoms with van der Waals surface area (Å²) in [7, 11) is 1.55. The van der Waals surface area contributed by atoms with Crippen LogP contribution in [-0.2, 0) is 11.4 Å². The molecule has 4 rings (SSSR count). The van der Waals surface area contributed by atoms with E-state index in [-0.39, 0.29) is 24.3 Å². The van der Waals surface area contributed by atoms with Crippen LogP contribution in [0.5, 0.6) is 17.2 Å². The molecule has 1 saturated heterocycles. The van der Waals surface area contributed by atoms with E-state index in [1.807, 2.05) is 55.5 Å². The van der Waals surface area contributed by atoms with Crippen LogP contribution in [0.2, 0.25) is 5.02 Å². The number of halogens is 1. The Bertz CT molecular complexity index is 1280. The highest BCUT2D eigenvalue weighted by molar-refractivity contribution is 8.18. The quantitative estimate of drug-likeness (QED) is 0.313. The van der Waals surface area contributed by atoms with Crippen molar-refractivity contribution in [2.75, 3.05) is 20.3 Å². The largest absolute Gasteiger partial charge is 0.493 e. The van der Waals surface area contributed by atoms with E-state index in [0.29, 0.717) is 39.3 Å². The third-order valence-electron chi connectivity index (χ3n) is 5.27. The average molecular weight is 510 g/mol. The van der Waals surface area contributed by atoms with Gasteiger partial charge in [-0.15, -0.1) is 0 Å². The normalized spacial score (nSPS) is 14.5. The lowest BCUT2D eigenvalue weighted by atomic mass is 10.1. The van der Waals surface area contributed by atoms with Crippen LogP contribution in [-0.4, -0.2) is 36.3 Å². The zero-order chi connectivity index (χ0) is 24.8. The van der Waals surface area contributed by atoms with Gasteiger partial charge in [-0.2, -0.15) is 0 Å². The zero-order valence-electron chi connectivity index (χ0n) is 19.3. The number of carbonyl (C=O) groups is 2. The van der Waals surface area contributed by atoms with Gasteiger partial charge in [0.2, 0.25) is 0 Å². The van der Waals surface area contributed by atoms with Crippen LogP contribution in [0.15, 0.2) is 71.6 Å². The fourth-order valence-corrected chi connectivity index (χ4v) is 4.52. The molecule has 1 aliphatic rings. The molecule has 0 bridgehead atoms. The first-order chi connectivity index (χ1) is 16.9. The van der Waals surface area contributed by atoms with Crippen molar-refractivity contribution in [3.05, 3.63) is 93.3 Å². The molecule has 2 amide bonds. The van der Waals surface area contributed by atoms with E-state index >= 15 is 0 Å². The summed E-state index contributed by atoms with van der Waals surface area (Å²) in [6.45, 7) is 2.66. The molecule has 1 heterocycles. The van der Waals surface area contributed by atoms with E-state index in [2.05, 4.69) is 0 Å². The summed E-state index contributed by atoms with van der Waals surface area (Å²) in [5.41, 5.74) is 2.65. The zero-order valence-corrected chi connectivity index (χ0v) is 20.9. The first kappa shape index (κ1) is 24.7. The van der Waals surface area contributed by atoms with E-state index in [4.69, 9.17) is 25.8 Å². The number of amides is 2. The molecule has 0 spiro atoms. The maximum atomic E-state index is 12.8. The Labute approximate surface area is 213 Å². The average Bonchev–Trinajstić information content (AvgIpc) is 3.11. The van der Waals surface area contributed by atoms with E-state index in [1.165, 1.54) is 4.90 Å². The number of carbonyl (C=O) groups excluding carboxylic acids is 2. The van der Waals surface area contributed by atoms with Gasteiger partial charge in [0.15, 0.2) is 11.5 Å². The molecule has 3 aromatic carbocycles. The number of thioether (sulfide) groups is 1. The highest BCUT2D eigenvalue weighted by atomic mass is 35.5. The molecule has 0 aliphatic carbocycles. The molecule has 0 atom stereocenters. The summed E-state index contributed by atoms with van der Waals surface area (Å²) in [5, 5.41) is 0.309. The smallest absolute Gasteiger partial charge is 0.293 e. The molecular formula is C27H24ClNO5S. The molecular weight excluding hydrogens is 486 g/mol. The highest BCUT2D eigenvalue weighted by Gasteiger charge is 2.34. The molecule has 0 unspecified atom stereocenters. The molecule has 35 heavy (non-hydrogen) atoms. The summed E-state index contributed by atoms with van der Waals surface area (Å²) < 4.78 is 17.0. The first-order valence-corrected chi connectivity index (χ1v) is 12.1. The van der Waals surface area contributed by atoms with Crippen LogP contribution < -0.4 is 14.2 Å². The SMILES string of the molecule is COc1cc(/C=C2\SC(=O)N(CCOc3cccc(C)c3)C2=O)ccc1OCc1ccccc1Cl. The number of hydrogen-bond acceptors (Lipinski definition) is 6. The Hall–Kier alpha value is -3.42. The molecule has 1 fully saturated rings. The van der Waals surface area contributed by atoms with Gasteiger partial charge in [0, 0.05) is 10.6 Å². The second-order valence-corrected chi connectivity index (χ2v) is 9.19. The van der Waals surface area contributed by atoms with Crippen LogP contribution in [0, 0.1) is 6.92 Å². The van der Waals surface area contributed by atoms with E-state index < -0.39 is 0 Å². The van der Waals surface area contributed by atoms with Crippen molar-refractivity contribution in [2.45, 2.75) is 13.5 Å². The van der Waals surface area contributed by atoms with Crippen LogP contribution in [0.1, 0.15) is 16.7 Å². The number of methoxy groups -OCH3 is 1. The topological polar surface area (TPSA) is 65.1 Å². The van der Waals surface area contributed by atoms with Crippen LogP contribution >= 0.6 is 23.4 Å². The molecule has 1 aliphatic heterocycles. The summed E-state index contributed by atoms with van der Waals surface area (Å²) in [5.74, 6) is 1.42. The summed E-state index contributed by atoms with van der Waals surface area (Å²) >= 11 is 7.11. The van der Waals surface area contributed by atoms with Gasteiger partial charge in [-0.25, -0.2) is 0 Å². The van der Waals surface area contributed by atoms with Gasteiger partial charge in [0.25, 0.3) is 11.1 Å². The third-order valence-corrected chi connectivity index (χ3v) is 6.55. The lowest BCUT2D eigenvalue weighted by molar-refractivity contribution is -0.123. The van der Waals surface area contributed by atoms with Crippen molar-refractivity contribution >= 4 is 40.6 Å². The number of rotatable bonds is 9. The Morgan fingerprint density at radius 3 is 2.57 bits per heavy atom. The molecule has 180 valence electrons. The number of imide groups is 1. The maximum absolute atomic E-state index is 12.8. The Morgan fingerprint density at radius 1 is 0.971 bits per heavy atom. The predicted octanol–water partition coefficient (Wildman–Crippen LogP) is 6.35. The number of hydrogen-bond donors (Lipinski definition) is 0. The van der Waals surface area contributed by atoms with Gasteiger partial charge in [-0.3, -0.25) is 14.5 Å². The molecule has 8 heteroatoms. The van der Waals surface area contributed by atoms with Gasteiger partial charge in [0.05, 0.1) is 18.6 Å². The van der Waals surface area contributed by atoms with E-state index in [9.17, 15) is 9.59 Å². The Balaban J connectivity index is 1.40. The van der Waals surface area contributed by atoms with Gasteiger partial charge < -0.3 is 14.2 Å². The van der Waals surface area contributed by atoms with Gasteiger partial charge in [-0.05, 0) is 66.2 Å². The van der Waals surface area contributed by atoms with Crippen molar-refractivity contribution in [3.8, 4) is 17.2 Å². The fraction of sp³-hybridized carbons (Fsp3) is 0.185. The highest BCUT2D eigenvalue weighted by Crippen LogP contribution is 2.35. The molecule has 0 N–H and O–H groups in total. The summed E-state index contributed by atoms with van der Waals surface area (Å²) in [6, 6.07) is 20.4. The summed E-state index contributed by atoms with van der Waals surface area (Å²) in [4.78, 5) is 26.8. The molecule has 0 saturated carbocycles. The lowest BCUT2D eigenvalue weighted by Crippen LogP contribution is -2.32. The van der Waals surface area contributed by atoms with Crippen molar-refractivity contribution in [1.29, 1.82) is 0 Å². The van der Waals surface area contributed by atoms with Crippen LogP contribution in [0.25, 0.3) is 6.08 Å². The van der Waals surface area contributed by atoms with E-state index in [0.717, 1.165) is 22.9 Å².